The predicted octanol–water partition coefficient (Wildman–Crippen LogP) is 3.79. The van der Waals surface area contributed by atoms with Gasteiger partial charge in [0.1, 0.15) is 12.4 Å². The Kier molecular flexibility index (Phi) is 3.59. The Morgan fingerprint density at radius 3 is 2.75 bits per heavy atom. The third kappa shape index (κ3) is 2.62. The van der Waals surface area contributed by atoms with Crippen molar-refractivity contribution in [2.45, 2.75) is 6.61 Å². The summed E-state index contributed by atoms with van der Waals surface area (Å²) in [5, 5.41) is 0. The topological polar surface area (TPSA) is 26.3 Å². The molecule has 0 radical (unpaired) electrons. The lowest BCUT2D eigenvalue weighted by atomic mass is 10.2. The molecule has 2 nitrogen and oxygen atoms in total. The van der Waals surface area contributed by atoms with Crippen LogP contribution in [-0.4, -0.2) is 6.29 Å². The Hall–Kier alpha value is -1.32. The Morgan fingerprint density at radius 1 is 1.25 bits per heavy atom. The number of carbonyl (C=O) groups excluding carboxylic acids is 1. The van der Waals surface area contributed by atoms with Crippen molar-refractivity contribution in [3.8, 4) is 5.75 Å². The number of thiophene rings is 1. The molecule has 0 fully saturated rings. The van der Waals surface area contributed by atoms with Gasteiger partial charge in [-0.2, -0.15) is 0 Å². The second-order valence-corrected chi connectivity index (χ2v) is 4.95. The first kappa shape index (κ1) is 11.2. The van der Waals surface area contributed by atoms with E-state index in [1.54, 1.807) is 18.2 Å². The van der Waals surface area contributed by atoms with Gasteiger partial charge in [0, 0.05) is 4.88 Å². The third-order valence-corrected chi connectivity index (χ3v) is 3.25. The molecule has 0 saturated carbocycles. The van der Waals surface area contributed by atoms with Crippen LogP contribution in [-0.2, 0) is 6.61 Å². The molecule has 0 bridgehead atoms. The number of rotatable bonds is 4. The molecule has 16 heavy (non-hydrogen) atoms. The van der Waals surface area contributed by atoms with Crippen LogP contribution in [0.4, 0.5) is 0 Å². The van der Waals surface area contributed by atoms with Crippen molar-refractivity contribution in [2.24, 2.45) is 0 Å². The molecular weight excluding hydrogens is 244 g/mol. The van der Waals surface area contributed by atoms with Crippen LogP contribution in [0, 0.1) is 0 Å². The minimum absolute atomic E-state index is 0.433. The Bertz CT molecular complexity index is 493. The summed E-state index contributed by atoms with van der Waals surface area (Å²) in [5.41, 5.74) is 0.560. The minimum atomic E-state index is 0.433. The van der Waals surface area contributed by atoms with Crippen LogP contribution in [0.5, 0.6) is 5.75 Å². The van der Waals surface area contributed by atoms with E-state index in [-0.39, 0.29) is 0 Å². The lowest BCUT2D eigenvalue weighted by molar-refractivity contribution is 0.111. The van der Waals surface area contributed by atoms with E-state index in [0.29, 0.717) is 17.9 Å². The fraction of sp³-hybridized carbons (Fsp3) is 0.0833. The number of hydrogen-bond acceptors (Lipinski definition) is 3. The van der Waals surface area contributed by atoms with Gasteiger partial charge in [-0.3, -0.25) is 4.79 Å². The van der Waals surface area contributed by atoms with Crippen LogP contribution in [0.1, 0.15) is 15.2 Å². The zero-order chi connectivity index (χ0) is 11.4. The van der Waals surface area contributed by atoms with E-state index in [9.17, 15) is 4.79 Å². The van der Waals surface area contributed by atoms with Crippen LogP contribution >= 0.6 is 22.9 Å². The highest BCUT2D eigenvalue weighted by molar-refractivity contribution is 7.16. The van der Waals surface area contributed by atoms with Gasteiger partial charge in [-0.25, -0.2) is 0 Å². The molecule has 0 unspecified atom stereocenters. The monoisotopic (exact) mass is 252 g/mol. The van der Waals surface area contributed by atoms with Crippen molar-refractivity contribution in [3.63, 3.8) is 0 Å². The molecule has 1 aromatic carbocycles. The van der Waals surface area contributed by atoms with Gasteiger partial charge in [-0.05, 0) is 24.3 Å². The van der Waals surface area contributed by atoms with Crippen LogP contribution in [0.15, 0.2) is 36.4 Å². The summed E-state index contributed by atoms with van der Waals surface area (Å²) < 4.78 is 6.29. The number of aldehydes is 1. The Labute approximate surface area is 102 Å². The average Bonchev–Trinajstić information content (AvgIpc) is 2.73. The Morgan fingerprint density at radius 2 is 2.06 bits per heavy atom. The third-order valence-electron chi connectivity index (χ3n) is 2.04. The molecule has 0 amide bonds. The first-order chi connectivity index (χ1) is 7.79. The van der Waals surface area contributed by atoms with E-state index < -0.39 is 0 Å². The quantitative estimate of drug-likeness (QED) is 0.774. The zero-order valence-corrected chi connectivity index (χ0v) is 9.92. The molecule has 0 saturated heterocycles. The molecule has 0 atom stereocenters. The highest BCUT2D eigenvalue weighted by Crippen LogP contribution is 2.24. The first-order valence-electron chi connectivity index (χ1n) is 4.71. The largest absolute Gasteiger partial charge is 0.487 e. The maximum absolute atomic E-state index is 10.7. The van der Waals surface area contributed by atoms with Gasteiger partial charge in [0.15, 0.2) is 6.29 Å². The first-order valence-corrected chi connectivity index (χ1v) is 5.90. The van der Waals surface area contributed by atoms with Crippen molar-refractivity contribution in [3.05, 3.63) is 51.2 Å². The normalized spacial score (nSPS) is 10.1. The van der Waals surface area contributed by atoms with Gasteiger partial charge in [-0.15, -0.1) is 11.3 Å². The number of halogens is 1. The molecule has 0 N–H and O–H groups in total. The van der Waals surface area contributed by atoms with Gasteiger partial charge >= 0.3 is 0 Å². The van der Waals surface area contributed by atoms with Crippen molar-refractivity contribution in [1.82, 2.24) is 0 Å². The molecule has 1 heterocycles. The number of hydrogen-bond donors (Lipinski definition) is 0. The molecule has 4 heteroatoms. The van der Waals surface area contributed by atoms with Crippen LogP contribution in [0.25, 0.3) is 0 Å². The molecular formula is C12H9ClO2S. The summed E-state index contributed by atoms with van der Waals surface area (Å²) in [6.07, 6.45) is 0.788. The molecule has 82 valence electrons. The van der Waals surface area contributed by atoms with E-state index in [1.165, 1.54) is 11.3 Å². The lowest BCUT2D eigenvalue weighted by Gasteiger charge is -2.06. The highest BCUT2D eigenvalue weighted by Gasteiger charge is 2.03. The van der Waals surface area contributed by atoms with Gasteiger partial charge in [-0.1, -0.05) is 23.7 Å². The fourth-order valence-corrected chi connectivity index (χ4v) is 2.29. The molecule has 1 aromatic heterocycles. The van der Waals surface area contributed by atoms with Gasteiger partial charge in [0.2, 0.25) is 0 Å². The SMILES string of the molecule is O=Cc1ccccc1OCc1ccc(Cl)s1. The second kappa shape index (κ2) is 5.14. The summed E-state index contributed by atoms with van der Waals surface area (Å²) in [7, 11) is 0. The van der Waals surface area contributed by atoms with Crippen molar-refractivity contribution in [2.75, 3.05) is 0 Å². The maximum atomic E-state index is 10.7. The summed E-state index contributed by atoms with van der Waals surface area (Å²) in [5.74, 6) is 0.599. The van der Waals surface area contributed by atoms with Crippen LogP contribution < -0.4 is 4.74 Å². The maximum Gasteiger partial charge on any atom is 0.153 e. The van der Waals surface area contributed by atoms with Gasteiger partial charge in [0.25, 0.3) is 0 Å². The molecule has 0 spiro atoms. The summed E-state index contributed by atoms with van der Waals surface area (Å²) in [6.45, 7) is 0.433. The summed E-state index contributed by atoms with van der Waals surface area (Å²) in [4.78, 5) is 11.8. The van der Waals surface area contributed by atoms with E-state index in [2.05, 4.69) is 0 Å². The van der Waals surface area contributed by atoms with E-state index in [4.69, 9.17) is 16.3 Å². The number of ether oxygens (including phenoxy) is 1. The summed E-state index contributed by atoms with van der Waals surface area (Å²) >= 11 is 7.28. The van der Waals surface area contributed by atoms with Crippen molar-refractivity contribution < 1.29 is 9.53 Å². The number of benzene rings is 1. The van der Waals surface area contributed by atoms with E-state index in [1.807, 2.05) is 18.2 Å². The molecule has 2 rings (SSSR count). The smallest absolute Gasteiger partial charge is 0.153 e. The lowest BCUT2D eigenvalue weighted by Crippen LogP contribution is -1.95. The fourth-order valence-electron chi connectivity index (χ4n) is 1.29. The molecule has 0 aliphatic rings. The zero-order valence-electron chi connectivity index (χ0n) is 8.35. The molecule has 2 aromatic rings. The molecule has 0 aliphatic heterocycles. The average molecular weight is 253 g/mol. The predicted molar refractivity (Wildman–Crippen MR) is 65.5 cm³/mol. The number of para-hydroxylation sites is 1. The van der Waals surface area contributed by atoms with E-state index >= 15 is 0 Å². The van der Waals surface area contributed by atoms with Gasteiger partial charge < -0.3 is 4.74 Å². The standard InChI is InChI=1S/C12H9ClO2S/c13-12-6-5-10(16-12)8-15-11-4-2-1-3-9(11)7-14/h1-7H,8H2. The van der Waals surface area contributed by atoms with Crippen LogP contribution in [0.3, 0.4) is 0 Å². The molecule has 0 aliphatic carbocycles. The van der Waals surface area contributed by atoms with Crippen molar-refractivity contribution in [1.29, 1.82) is 0 Å². The van der Waals surface area contributed by atoms with Crippen LogP contribution in [0.2, 0.25) is 4.34 Å². The summed E-state index contributed by atoms with van der Waals surface area (Å²) in [6, 6.07) is 10.9. The second-order valence-electron chi connectivity index (χ2n) is 3.15. The van der Waals surface area contributed by atoms with Gasteiger partial charge in [0.05, 0.1) is 9.90 Å². The van der Waals surface area contributed by atoms with E-state index in [0.717, 1.165) is 15.5 Å². The highest BCUT2D eigenvalue weighted by atomic mass is 35.5. The minimum Gasteiger partial charge on any atom is -0.487 e. The number of carbonyl (C=O) groups is 1. The van der Waals surface area contributed by atoms with Crippen molar-refractivity contribution >= 4 is 29.2 Å². The Balaban J connectivity index is 2.07.